The van der Waals surface area contributed by atoms with Crippen molar-refractivity contribution in [2.75, 3.05) is 19.6 Å². The lowest BCUT2D eigenvalue weighted by Gasteiger charge is -2.27. The van der Waals surface area contributed by atoms with Gasteiger partial charge in [-0.1, -0.05) is 6.07 Å². The number of amides is 1. The SMILES string of the molecule is Cn1nc(C(=O)N2CCCCC2)c2c1CCC(NCCc1cccnc1)C2. The van der Waals surface area contributed by atoms with Gasteiger partial charge in [-0.25, -0.2) is 0 Å². The third-order valence-electron chi connectivity index (χ3n) is 5.87. The molecular formula is C21H29N5O. The van der Waals surface area contributed by atoms with E-state index in [1.54, 1.807) is 0 Å². The average molecular weight is 367 g/mol. The molecule has 1 amide bonds. The number of nitrogens with zero attached hydrogens (tertiary/aromatic N) is 4. The van der Waals surface area contributed by atoms with E-state index in [0.29, 0.717) is 11.7 Å². The number of fused-ring (bicyclic) bond motifs is 1. The predicted octanol–water partition coefficient (Wildman–Crippen LogP) is 2.13. The number of pyridine rings is 1. The van der Waals surface area contributed by atoms with Gasteiger partial charge < -0.3 is 10.2 Å². The minimum atomic E-state index is 0.127. The Hall–Kier alpha value is -2.21. The van der Waals surface area contributed by atoms with Gasteiger partial charge in [0.1, 0.15) is 0 Å². The zero-order chi connectivity index (χ0) is 18.6. The maximum absolute atomic E-state index is 13.0. The first-order chi connectivity index (χ1) is 13.2. The molecule has 2 aliphatic rings. The number of rotatable bonds is 5. The van der Waals surface area contributed by atoms with Crippen LogP contribution in [0.1, 0.15) is 53.0 Å². The Labute approximate surface area is 161 Å². The molecule has 1 aliphatic carbocycles. The summed E-state index contributed by atoms with van der Waals surface area (Å²) in [6.07, 6.45) is 11.1. The molecule has 0 radical (unpaired) electrons. The molecule has 2 aromatic heterocycles. The largest absolute Gasteiger partial charge is 0.337 e. The fourth-order valence-electron chi connectivity index (χ4n) is 4.35. The van der Waals surface area contributed by atoms with Crippen LogP contribution in [0.3, 0.4) is 0 Å². The molecule has 6 heteroatoms. The lowest BCUT2D eigenvalue weighted by molar-refractivity contribution is 0.0716. The first-order valence-corrected chi connectivity index (χ1v) is 10.2. The summed E-state index contributed by atoms with van der Waals surface area (Å²) in [6, 6.07) is 4.51. The van der Waals surface area contributed by atoms with E-state index >= 15 is 0 Å². The monoisotopic (exact) mass is 367 g/mol. The summed E-state index contributed by atoms with van der Waals surface area (Å²) in [5.41, 5.74) is 4.34. The van der Waals surface area contributed by atoms with E-state index in [2.05, 4.69) is 21.5 Å². The smallest absolute Gasteiger partial charge is 0.274 e. The summed E-state index contributed by atoms with van der Waals surface area (Å²) in [7, 11) is 1.97. The summed E-state index contributed by atoms with van der Waals surface area (Å²) in [5.74, 6) is 0.127. The standard InChI is InChI=1S/C21H29N5O/c1-25-19-8-7-17(23-11-9-16-6-5-10-22-15-16)14-18(19)20(24-25)21(27)26-12-3-2-4-13-26/h5-6,10,15,17,23H,2-4,7-9,11-14H2,1H3. The number of aromatic nitrogens is 3. The van der Waals surface area contributed by atoms with Gasteiger partial charge in [-0.2, -0.15) is 5.10 Å². The molecule has 1 aliphatic heterocycles. The van der Waals surface area contributed by atoms with Crippen molar-refractivity contribution in [3.63, 3.8) is 0 Å². The summed E-state index contributed by atoms with van der Waals surface area (Å²) in [5, 5.41) is 8.30. The van der Waals surface area contributed by atoms with E-state index in [1.165, 1.54) is 23.2 Å². The molecule has 1 saturated heterocycles. The molecule has 1 fully saturated rings. The molecule has 3 heterocycles. The first kappa shape index (κ1) is 18.2. The first-order valence-electron chi connectivity index (χ1n) is 10.2. The van der Waals surface area contributed by atoms with Gasteiger partial charge >= 0.3 is 0 Å². The van der Waals surface area contributed by atoms with E-state index in [-0.39, 0.29) is 5.91 Å². The average Bonchev–Trinajstić information content (AvgIpc) is 3.05. The van der Waals surface area contributed by atoms with E-state index in [0.717, 1.165) is 58.2 Å². The van der Waals surface area contributed by atoms with E-state index in [1.807, 2.05) is 35.1 Å². The highest BCUT2D eigenvalue weighted by Gasteiger charge is 2.30. The number of piperidine rings is 1. The van der Waals surface area contributed by atoms with Gasteiger partial charge in [0.2, 0.25) is 0 Å². The van der Waals surface area contributed by atoms with Crippen molar-refractivity contribution in [3.05, 3.63) is 47.0 Å². The molecule has 0 bridgehead atoms. The molecule has 27 heavy (non-hydrogen) atoms. The maximum Gasteiger partial charge on any atom is 0.274 e. The van der Waals surface area contributed by atoms with Crippen molar-refractivity contribution < 1.29 is 4.79 Å². The van der Waals surface area contributed by atoms with Crippen LogP contribution in [-0.2, 0) is 26.3 Å². The summed E-state index contributed by atoms with van der Waals surface area (Å²) < 4.78 is 1.93. The van der Waals surface area contributed by atoms with Crippen LogP contribution in [0, 0.1) is 0 Å². The van der Waals surface area contributed by atoms with E-state index in [4.69, 9.17) is 0 Å². The molecule has 1 atom stereocenters. The Bertz CT molecular complexity index is 779. The van der Waals surface area contributed by atoms with Crippen LogP contribution in [0.2, 0.25) is 0 Å². The van der Waals surface area contributed by atoms with Crippen molar-refractivity contribution >= 4 is 5.91 Å². The van der Waals surface area contributed by atoms with Crippen LogP contribution in [0.4, 0.5) is 0 Å². The van der Waals surface area contributed by atoms with Crippen molar-refractivity contribution in [2.45, 2.75) is 51.0 Å². The Morgan fingerprint density at radius 1 is 1.30 bits per heavy atom. The highest BCUT2D eigenvalue weighted by Crippen LogP contribution is 2.26. The molecule has 1 N–H and O–H groups in total. The summed E-state index contributed by atoms with van der Waals surface area (Å²) >= 11 is 0. The third kappa shape index (κ3) is 4.05. The van der Waals surface area contributed by atoms with Crippen molar-refractivity contribution in [2.24, 2.45) is 7.05 Å². The fraction of sp³-hybridized carbons (Fsp3) is 0.571. The second kappa shape index (κ2) is 8.21. The Balaban J connectivity index is 1.41. The van der Waals surface area contributed by atoms with Gasteiger partial charge in [-0.15, -0.1) is 0 Å². The van der Waals surface area contributed by atoms with Gasteiger partial charge in [0, 0.05) is 49.8 Å². The zero-order valence-electron chi connectivity index (χ0n) is 16.2. The predicted molar refractivity (Wildman–Crippen MR) is 105 cm³/mol. The minimum Gasteiger partial charge on any atom is -0.337 e. The molecule has 1 unspecified atom stereocenters. The van der Waals surface area contributed by atoms with Crippen LogP contribution in [-0.4, -0.2) is 51.2 Å². The zero-order valence-corrected chi connectivity index (χ0v) is 16.2. The molecule has 6 nitrogen and oxygen atoms in total. The van der Waals surface area contributed by atoms with E-state index in [9.17, 15) is 4.79 Å². The van der Waals surface area contributed by atoms with Crippen molar-refractivity contribution in [1.82, 2.24) is 25.0 Å². The maximum atomic E-state index is 13.0. The van der Waals surface area contributed by atoms with Crippen LogP contribution < -0.4 is 5.32 Å². The normalized spacial score (nSPS) is 19.7. The Morgan fingerprint density at radius 3 is 2.93 bits per heavy atom. The lowest BCUT2D eigenvalue weighted by Crippen LogP contribution is -2.38. The van der Waals surface area contributed by atoms with Crippen LogP contribution in [0.15, 0.2) is 24.5 Å². The van der Waals surface area contributed by atoms with Crippen molar-refractivity contribution in [3.8, 4) is 0 Å². The molecule has 144 valence electrons. The molecule has 2 aromatic rings. The number of hydrogen-bond donors (Lipinski definition) is 1. The number of aryl methyl sites for hydroxylation is 1. The number of likely N-dealkylation sites (tertiary alicyclic amines) is 1. The summed E-state index contributed by atoms with van der Waals surface area (Å²) in [6.45, 7) is 2.68. The highest BCUT2D eigenvalue weighted by atomic mass is 16.2. The minimum absolute atomic E-state index is 0.127. The van der Waals surface area contributed by atoms with Crippen LogP contribution in [0.25, 0.3) is 0 Å². The Morgan fingerprint density at radius 2 is 2.15 bits per heavy atom. The second-order valence-corrected chi connectivity index (χ2v) is 7.76. The number of carbonyl (C=O) groups excluding carboxylic acids is 1. The van der Waals surface area contributed by atoms with Gasteiger partial charge in [0.15, 0.2) is 5.69 Å². The number of hydrogen-bond acceptors (Lipinski definition) is 4. The topological polar surface area (TPSA) is 63.1 Å². The molecule has 0 spiro atoms. The van der Waals surface area contributed by atoms with Gasteiger partial charge in [0.05, 0.1) is 0 Å². The molecule has 0 aromatic carbocycles. The van der Waals surface area contributed by atoms with Crippen LogP contribution in [0.5, 0.6) is 0 Å². The lowest BCUT2D eigenvalue weighted by atomic mass is 9.91. The molecule has 4 rings (SSSR count). The molecule has 0 saturated carbocycles. The molecular weight excluding hydrogens is 338 g/mol. The summed E-state index contributed by atoms with van der Waals surface area (Å²) in [4.78, 5) is 19.2. The quantitative estimate of drug-likeness (QED) is 0.879. The van der Waals surface area contributed by atoms with E-state index < -0.39 is 0 Å². The highest BCUT2D eigenvalue weighted by molar-refractivity contribution is 5.94. The number of carbonyl (C=O) groups is 1. The fourth-order valence-corrected chi connectivity index (χ4v) is 4.35. The van der Waals surface area contributed by atoms with Gasteiger partial charge in [-0.05, 0) is 63.1 Å². The third-order valence-corrected chi connectivity index (χ3v) is 5.87. The number of nitrogens with one attached hydrogen (secondary N) is 1. The van der Waals surface area contributed by atoms with Gasteiger partial charge in [0.25, 0.3) is 5.91 Å². The second-order valence-electron chi connectivity index (χ2n) is 7.76. The van der Waals surface area contributed by atoms with Crippen molar-refractivity contribution in [1.29, 1.82) is 0 Å². The Kier molecular flexibility index (Phi) is 5.53. The van der Waals surface area contributed by atoms with Crippen LogP contribution >= 0.6 is 0 Å². The van der Waals surface area contributed by atoms with Gasteiger partial charge in [-0.3, -0.25) is 14.5 Å².